The maximum atomic E-state index is 13.0. The monoisotopic (exact) mass is 443 g/mol. The van der Waals surface area contributed by atoms with Gasteiger partial charge in [-0.1, -0.05) is 23.4 Å². The zero-order chi connectivity index (χ0) is 22.3. The van der Waals surface area contributed by atoms with Crippen LogP contribution in [0.5, 0.6) is 0 Å². The molecule has 166 valence electrons. The maximum absolute atomic E-state index is 13.0. The molecule has 0 radical (unpaired) electrons. The minimum absolute atomic E-state index is 0.00289. The van der Waals surface area contributed by atoms with Gasteiger partial charge < -0.3 is 15.2 Å². The Morgan fingerprint density at radius 2 is 1.78 bits per heavy atom. The number of carbonyl (C=O) groups excluding carboxylic acids is 1. The Morgan fingerprint density at radius 1 is 1.03 bits per heavy atom. The van der Waals surface area contributed by atoms with E-state index in [4.69, 9.17) is 4.52 Å². The van der Waals surface area contributed by atoms with Crippen LogP contribution in [0.15, 0.2) is 53.2 Å². The lowest BCUT2D eigenvalue weighted by molar-refractivity contribution is -0.140. The smallest absolute Gasteiger partial charge is 0.368 e. The molecule has 4 aromatic rings. The average molecular weight is 443 g/mol. The number of nitrogens with one attached hydrogen (secondary N) is 2. The van der Waals surface area contributed by atoms with Gasteiger partial charge in [-0.05, 0) is 49.9 Å². The van der Waals surface area contributed by atoms with Crippen LogP contribution in [0.3, 0.4) is 0 Å². The fraction of sp³-hybridized carbons (Fsp3) is 0.318. The first-order valence-corrected chi connectivity index (χ1v) is 10.4. The molecule has 10 heteroatoms. The molecule has 0 spiro atoms. The molecule has 32 heavy (non-hydrogen) atoms. The number of para-hydroxylation sites is 1. The van der Waals surface area contributed by atoms with Crippen molar-refractivity contribution in [2.75, 3.05) is 5.32 Å². The summed E-state index contributed by atoms with van der Waals surface area (Å²) in [5.41, 5.74) is 0.155. The van der Waals surface area contributed by atoms with Gasteiger partial charge in [-0.15, -0.1) is 0 Å². The molecule has 1 aliphatic carbocycles. The van der Waals surface area contributed by atoms with Crippen molar-refractivity contribution in [2.45, 2.75) is 43.9 Å². The molecular weight excluding hydrogens is 423 g/mol. The van der Waals surface area contributed by atoms with Crippen molar-refractivity contribution in [1.82, 2.24) is 19.9 Å². The minimum atomic E-state index is -4.49. The second-order valence-electron chi connectivity index (χ2n) is 7.96. The van der Waals surface area contributed by atoms with Gasteiger partial charge in [-0.25, -0.2) is 4.98 Å². The number of pyridine rings is 1. The number of nitrogens with zero attached hydrogens (tertiary/aromatic N) is 3. The van der Waals surface area contributed by atoms with Crippen molar-refractivity contribution in [3.63, 3.8) is 0 Å². The van der Waals surface area contributed by atoms with Gasteiger partial charge in [-0.3, -0.25) is 9.20 Å². The highest BCUT2D eigenvalue weighted by molar-refractivity contribution is 6.04. The first-order valence-electron chi connectivity index (χ1n) is 10.4. The predicted molar refractivity (Wildman–Crippen MR) is 111 cm³/mol. The summed E-state index contributed by atoms with van der Waals surface area (Å²) >= 11 is 0. The highest BCUT2D eigenvalue weighted by atomic mass is 19.4. The van der Waals surface area contributed by atoms with Gasteiger partial charge in [0, 0.05) is 18.3 Å². The number of amides is 1. The maximum Gasteiger partial charge on any atom is 0.434 e. The van der Waals surface area contributed by atoms with Gasteiger partial charge in [0.2, 0.25) is 0 Å². The molecule has 0 saturated heterocycles. The highest BCUT2D eigenvalue weighted by Crippen LogP contribution is 2.30. The van der Waals surface area contributed by atoms with E-state index in [0.717, 1.165) is 31.9 Å². The van der Waals surface area contributed by atoms with E-state index in [1.807, 2.05) is 12.1 Å². The summed E-state index contributed by atoms with van der Waals surface area (Å²) in [6.45, 7) is 0. The highest BCUT2D eigenvalue weighted by Gasteiger charge is 2.34. The Hall–Kier alpha value is -3.56. The van der Waals surface area contributed by atoms with Gasteiger partial charge >= 0.3 is 6.18 Å². The van der Waals surface area contributed by atoms with E-state index < -0.39 is 11.9 Å². The van der Waals surface area contributed by atoms with E-state index in [1.54, 1.807) is 30.3 Å². The van der Waals surface area contributed by atoms with Gasteiger partial charge in [-0.2, -0.15) is 13.2 Å². The van der Waals surface area contributed by atoms with Gasteiger partial charge in [0.1, 0.15) is 11.5 Å². The zero-order valence-electron chi connectivity index (χ0n) is 16.9. The zero-order valence-corrected chi connectivity index (χ0v) is 16.9. The van der Waals surface area contributed by atoms with Crippen molar-refractivity contribution in [3.05, 3.63) is 60.0 Å². The first kappa shape index (κ1) is 20.3. The summed E-state index contributed by atoms with van der Waals surface area (Å²) in [4.78, 5) is 16.3. The predicted octanol–water partition coefficient (Wildman–Crippen LogP) is 4.65. The summed E-state index contributed by atoms with van der Waals surface area (Å²) < 4.78 is 45.7. The fourth-order valence-electron chi connectivity index (χ4n) is 4.16. The van der Waals surface area contributed by atoms with Crippen LogP contribution in [0.4, 0.5) is 19.0 Å². The molecule has 1 amide bonds. The number of carbonyl (C=O) groups is 1. The molecule has 1 saturated carbocycles. The van der Waals surface area contributed by atoms with Gasteiger partial charge in [0.05, 0.1) is 5.39 Å². The Balaban J connectivity index is 1.22. The van der Waals surface area contributed by atoms with E-state index in [0.29, 0.717) is 16.8 Å². The molecule has 5 rings (SSSR count). The number of hydrogen-bond acceptors (Lipinski definition) is 5. The molecule has 0 aliphatic heterocycles. The Labute approximate surface area is 180 Å². The normalized spacial score (nSPS) is 19.3. The molecule has 2 N–H and O–H groups in total. The number of rotatable bonds is 4. The fourth-order valence-corrected chi connectivity index (χ4v) is 4.16. The minimum Gasteiger partial charge on any atom is -0.368 e. The SMILES string of the molecule is O=C(N[C@H]1CC[C@@H](Nc2cccc3nc(C(F)(F)F)cn23)CC1)c1noc2ccccc12. The molecule has 1 fully saturated rings. The van der Waals surface area contributed by atoms with E-state index in [9.17, 15) is 18.0 Å². The standard InChI is InChI=1S/C22H20F3N5O2/c23-22(24,25)17-12-30-18(6-3-7-19(30)28-17)26-13-8-10-14(11-9-13)27-21(31)20-15-4-1-2-5-16(15)32-29-20/h1-7,12-14,26H,8-11H2,(H,27,31)/t13-,14+. The largest absolute Gasteiger partial charge is 0.434 e. The van der Waals surface area contributed by atoms with Gasteiger partial charge in [0.15, 0.2) is 17.0 Å². The third kappa shape index (κ3) is 3.88. The van der Waals surface area contributed by atoms with Crippen LogP contribution in [-0.4, -0.2) is 32.5 Å². The molecular formula is C22H20F3N5O2. The first-order chi connectivity index (χ1) is 15.4. The third-order valence-electron chi connectivity index (χ3n) is 5.79. The average Bonchev–Trinajstić information content (AvgIpc) is 3.40. The third-order valence-corrected chi connectivity index (χ3v) is 5.79. The number of anilines is 1. The lowest BCUT2D eigenvalue weighted by Crippen LogP contribution is -2.40. The van der Waals surface area contributed by atoms with Crippen LogP contribution in [0.25, 0.3) is 16.6 Å². The molecule has 7 nitrogen and oxygen atoms in total. The summed E-state index contributed by atoms with van der Waals surface area (Å²) in [7, 11) is 0. The molecule has 0 bridgehead atoms. The number of aromatic nitrogens is 3. The lowest BCUT2D eigenvalue weighted by atomic mass is 9.91. The van der Waals surface area contributed by atoms with E-state index in [2.05, 4.69) is 20.8 Å². The van der Waals surface area contributed by atoms with Crippen molar-refractivity contribution in [2.24, 2.45) is 0 Å². The number of hydrogen-bond donors (Lipinski definition) is 2. The summed E-state index contributed by atoms with van der Waals surface area (Å²) in [6.07, 6.45) is -0.469. The quantitative estimate of drug-likeness (QED) is 0.480. The van der Waals surface area contributed by atoms with Crippen molar-refractivity contribution in [3.8, 4) is 0 Å². The Morgan fingerprint density at radius 3 is 2.56 bits per heavy atom. The molecule has 3 heterocycles. The second-order valence-corrected chi connectivity index (χ2v) is 7.96. The van der Waals surface area contributed by atoms with Crippen molar-refractivity contribution < 1.29 is 22.5 Å². The molecule has 0 unspecified atom stereocenters. The van der Waals surface area contributed by atoms with Crippen LogP contribution in [-0.2, 0) is 6.18 Å². The molecule has 1 aromatic carbocycles. The van der Waals surface area contributed by atoms with Crippen LogP contribution in [0, 0.1) is 0 Å². The Bertz CT molecular complexity index is 1270. The van der Waals surface area contributed by atoms with Crippen molar-refractivity contribution >= 4 is 28.3 Å². The van der Waals surface area contributed by atoms with Crippen LogP contribution < -0.4 is 10.6 Å². The van der Waals surface area contributed by atoms with Crippen molar-refractivity contribution in [1.29, 1.82) is 0 Å². The number of fused-ring (bicyclic) bond motifs is 2. The number of benzene rings is 1. The number of alkyl halides is 3. The topological polar surface area (TPSA) is 84.5 Å². The second kappa shape index (κ2) is 7.85. The summed E-state index contributed by atoms with van der Waals surface area (Å²) in [6, 6.07) is 12.2. The lowest BCUT2D eigenvalue weighted by Gasteiger charge is -2.30. The Kier molecular flexibility index (Phi) is 4.99. The van der Waals surface area contributed by atoms with E-state index in [1.165, 1.54) is 4.40 Å². The van der Waals surface area contributed by atoms with Crippen LogP contribution >= 0.6 is 0 Å². The number of halogens is 3. The van der Waals surface area contributed by atoms with E-state index >= 15 is 0 Å². The molecule has 3 aromatic heterocycles. The van der Waals surface area contributed by atoms with Crippen LogP contribution in [0.1, 0.15) is 41.9 Å². The molecule has 0 atom stereocenters. The van der Waals surface area contributed by atoms with Gasteiger partial charge in [0.25, 0.3) is 5.91 Å². The van der Waals surface area contributed by atoms with Crippen LogP contribution in [0.2, 0.25) is 0 Å². The summed E-state index contributed by atoms with van der Waals surface area (Å²) in [5.74, 6) is 0.293. The molecule has 1 aliphatic rings. The number of imidazole rings is 1. The van der Waals surface area contributed by atoms with E-state index in [-0.39, 0.29) is 29.3 Å². The summed E-state index contributed by atoms with van der Waals surface area (Å²) in [5, 5.41) is 10.9.